The second-order valence-corrected chi connectivity index (χ2v) is 13.2. The summed E-state index contributed by atoms with van der Waals surface area (Å²) in [6.45, 7) is 0. The zero-order valence-electron chi connectivity index (χ0n) is 22.9. The van der Waals surface area contributed by atoms with Crippen molar-refractivity contribution in [3.8, 4) is 0 Å². The highest BCUT2D eigenvalue weighted by Gasteiger charge is 2.31. The van der Waals surface area contributed by atoms with Crippen molar-refractivity contribution in [3.63, 3.8) is 0 Å². The van der Waals surface area contributed by atoms with Gasteiger partial charge >= 0.3 is 0 Å². The van der Waals surface area contributed by atoms with Crippen LogP contribution in [0.15, 0.2) is 176 Å². The van der Waals surface area contributed by atoms with Crippen molar-refractivity contribution in [2.24, 2.45) is 0 Å². The molecule has 0 atom stereocenters. The van der Waals surface area contributed by atoms with Gasteiger partial charge in [0, 0.05) is 34.8 Å². The van der Waals surface area contributed by atoms with Crippen molar-refractivity contribution in [1.29, 1.82) is 0 Å². The maximum atomic E-state index is 15.5. The molecule has 0 bridgehead atoms. The van der Waals surface area contributed by atoms with Crippen molar-refractivity contribution in [2.45, 2.75) is 37.3 Å². The van der Waals surface area contributed by atoms with E-state index in [0.29, 0.717) is 24.0 Å². The smallest absolute Gasteiger partial charge is 0.169 e. The molecule has 0 saturated carbocycles. The third kappa shape index (κ3) is 6.84. The third-order valence-corrected chi connectivity index (χ3v) is 10.2. The SMILES string of the molecule is Fc1cc([S+](c2ccc(Sc3ccccc3)cc2)c2ccc(Cc3ccccc3)c(F)c2)ccc1Cc1ccccc1. The molecule has 0 heterocycles. The minimum Gasteiger partial charge on any atom is -0.206 e. The molecule has 0 spiro atoms. The molecule has 0 aromatic heterocycles. The van der Waals surface area contributed by atoms with E-state index in [-0.39, 0.29) is 11.6 Å². The summed E-state index contributed by atoms with van der Waals surface area (Å²) in [7, 11) is -0.689. The summed E-state index contributed by atoms with van der Waals surface area (Å²) in [5, 5.41) is 0. The van der Waals surface area contributed by atoms with Gasteiger partial charge in [-0.3, -0.25) is 0 Å². The molecule has 42 heavy (non-hydrogen) atoms. The molecule has 0 nitrogen and oxygen atoms in total. The first kappa shape index (κ1) is 28.0. The van der Waals surface area contributed by atoms with Crippen molar-refractivity contribution < 1.29 is 8.78 Å². The van der Waals surface area contributed by atoms with Gasteiger partial charge < -0.3 is 0 Å². The van der Waals surface area contributed by atoms with E-state index in [1.807, 2.05) is 103 Å². The molecular formula is C38H29F2S2+. The summed E-state index contributed by atoms with van der Waals surface area (Å²) in [6.07, 6.45) is 1.05. The lowest BCUT2D eigenvalue weighted by molar-refractivity contribution is 0.609. The maximum Gasteiger partial charge on any atom is 0.169 e. The summed E-state index contributed by atoms with van der Waals surface area (Å²) in [5.74, 6) is -0.488. The fraction of sp³-hybridized carbons (Fsp3) is 0.0526. The monoisotopic (exact) mass is 587 g/mol. The van der Waals surface area contributed by atoms with Crippen LogP contribution >= 0.6 is 11.8 Å². The van der Waals surface area contributed by atoms with Gasteiger partial charge in [-0.15, -0.1) is 0 Å². The number of halogens is 2. The van der Waals surface area contributed by atoms with Gasteiger partial charge in [0.1, 0.15) is 11.6 Å². The Morgan fingerprint density at radius 1 is 0.429 bits per heavy atom. The van der Waals surface area contributed by atoms with Crippen molar-refractivity contribution >= 4 is 22.7 Å². The first-order valence-electron chi connectivity index (χ1n) is 13.8. The van der Waals surface area contributed by atoms with Crippen LogP contribution in [0.1, 0.15) is 22.3 Å². The molecule has 6 aromatic carbocycles. The zero-order valence-corrected chi connectivity index (χ0v) is 24.6. The van der Waals surface area contributed by atoms with E-state index in [1.165, 1.54) is 0 Å². The standard InChI is InChI=1S/C38H29F2S2/c39-37-26-35(20-16-30(37)24-28-10-4-1-5-11-28)42(34-22-18-33(19-23-34)41-32-14-8-3-9-15-32)36-21-17-31(38(40)27-36)25-29-12-6-2-7-13-29/h1-23,26-27H,24-25H2/q+1. The Morgan fingerprint density at radius 2 is 0.833 bits per heavy atom. The van der Waals surface area contributed by atoms with Crippen LogP contribution in [-0.2, 0) is 23.7 Å². The van der Waals surface area contributed by atoms with E-state index in [0.717, 1.165) is 35.6 Å². The molecule has 0 saturated heterocycles. The summed E-state index contributed by atoms with van der Waals surface area (Å²) < 4.78 is 31.1. The fourth-order valence-corrected chi connectivity index (χ4v) is 7.82. The van der Waals surface area contributed by atoms with Crippen LogP contribution in [-0.4, -0.2) is 0 Å². The lowest BCUT2D eigenvalue weighted by Gasteiger charge is -2.12. The Kier molecular flexibility index (Phi) is 8.83. The van der Waals surface area contributed by atoms with E-state index in [1.54, 1.807) is 23.9 Å². The first-order valence-corrected chi connectivity index (χ1v) is 15.9. The quantitative estimate of drug-likeness (QED) is 0.152. The van der Waals surface area contributed by atoms with Gasteiger partial charge in [-0.05, 0) is 70.8 Å². The highest BCUT2D eigenvalue weighted by Crippen LogP contribution is 2.35. The molecule has 0 unspecified atom stereocenters. The predicted octanol–water partition coefficient (Wildman–Crippen LogP) is 10.4. The first-order chi connectivity index (χ1) is 20.6. The molecule has 0 radical (unpaired) electrons. The molecule has 0 fully saturated rings. The van der Waals surface area contributed by atoms with Crippen molar-refractivity contribution in [2.75, 3.05) is 0 Å². The largest absolute Gasteiger partial charge is 0.206 e. The average molecular weight is 588 g/mol. The predicted molar refractivity (Wildman–Crippen MR) is 170 cm³/mol. The van der Waals surface area contributed by atoms with Crippen molar-refractivity contribution in [1.82, 2.24) is 0 Å². The fourth-order valence-electron chi connectivity index (χ4n) is 4.90. The van der Waals surface area contributed by atoms with Gasteiger partial charge in [-0.1, -0.05) is 103 Å². The second kappa shape index (κ2) is 13.2. The summed E-state index contributed by atoms with van der Waals surface area (Å²) in [5.41, 5.74) is 3.41. The summed E-state index contributed by atoms with van der Waals surface area (Å²) in [4.78, 5) is 4.93. The van der Waals surface area contributed by atoms with Gasteiger partial charge in [0.25, 0.3) is 0 Å². The topological polar surface area (TPSA) is 0 Å². The Morgan fingerprint density at radius 3 is 1.29 bits per heavy atom. The number of benzene rings is 6. The van der Waals surface area contributed by atoms with Crippen LogP contribution in [0.4, 0.5) is 8.78 Å². The number of hydrogen-bond acceptors (Lipinski definition) is 1. The zero-order chi connectivity index (χ0) is 28.7. The molecule has 0 aliphatic carbocycles. The second-order valence-electron chi connectivity index (χ2n) is 10.0. The number of hydrogen-bond donors (Lipinski definition) is 0. The Hall–Kier alpha value is -4.12. The van der Waals surface area contributed by atoms with Crippen LogP contribution in [0.5, 0.6) is 0 Å². The van der Waals surface area contributed by atoms with Crippen LogP contribution < -0.4 is 0 Å². The van der Waals surface area contributed by atoms with E-state index in [2.05, 4.69) is 36.4 Å². The van der Waals surface area contributed by atoms with E-state index in [4.69, 9.17) is 0 Å². The van der Waals surface area contributed by atoms with Crippen molar-refractivity contribution in [3.05, 3.63) is 186 Å². The summed E-state index contributed by atoms with van der Waals surface area (Å²) in [6, 6.07) is 49.4. The van der Waals surface area contributed by atoms with Gasteiger partial charge in [0.15, 0.2) is 14.7 Å². The van der Waals surface area contributed by atoms with E-state index < -0.39 is 10.9 Å². The van der Waals surface area contributed by atoms with Gasteiger partial charge in [0.05, 0.1) is 10.9 Å². The molecular weight excluding hydrogens is 559 g/mol. The molecule has 0 amide bonds. The van der Waals surface area contributed by atoms with Crippen LogP contribution in [0.3, 0.4) is 0 Å². The normalized spacial score (nSPS) is 11.1. The maximum absolute atomic E-state index is 15.5. The lowest BCUT2D eigenvalue weighted by atomic mass is 10.0. The molecule has 0 aliphatic heterocycles. The van der Waals surface area contributed by atoms with Crippen LogP contribution in [0.25, 0.3) is 0 Å². The Labute approximate surface area is 253 Å². The van der Waals surface area contributed by atoms with Crippen LogP contribution in [0.2, 0.25) is 0 Å². The lowest BCUT2D eigenvalue weighted by Crippen LogP contribution is -2.07. The molecule has 6 rings (SSSR count). The molecule has 206 valence electrons. The molecule has 0 N–H and O–H groups in total. The highest BCUT2D eigenvalue weighted by atomic mass is 32.2. The molecule has 6 aromatic rings. The Bertz CT molecular complexity index is 1660. The third-order valence-electron chi connectivity index (χ3n) is 7.03. The minimum atomic E-state index is -0.689. The Balaban J connectivity index is 1.34. The van der Waals surface area contributed by atoms with E-state index >= 15 is 8.78 Å². The van der Waals surface area contributed by atoms with Gasteiger partial charge in [-0.25, -0.2) is 8.78 Å². The van der Waals surface area contributed by atoms with Crippen LogP contribution in [0, 0.1) is 11.6 Å². The summed E-state index contributed by atoms with van der Waals surface area (Å²) >= 11 is 1.69. The molecule has 0 aliphatic rings. The van der Waals surface area contributed by atoms with Gasteiger partial charge in [-0.2, -0.15) is 0 Å². The van der Waals surface area contributed by atoms with Gasteiger partial charge in [0.2, 0.25) is 0 Å². The van der Waals surface area contributed by atoms with E-state index in [9.17, 15) is 0 Å². The average Bonchev–Trinajstić information content (AvgIpc) is 3.02. The molecule has 4 heteroatoms. The minimum absolute atomic E-state index is 0.244. The number of rotatable bonds is 9. The highest BCUT2D eigenvalue weighted by molar-refractivity contribution is 7.99.